The average molecular weight is 240 g/mol. The zero-order chi connectivity index (χ0) is 12.6. The summed E-state index contributed by atoms with van der Waals surface area (Å²) in [6, 6.07) is 0. The van der Waals surface area contributed by atoms with Crippen molar-refractivity contribution in [3.8, 4) is 0 Å². The molecule has 18 heavy (non-hydrogen) atoms. The second-order valence-corrected chi connectivity index (χ2v) is 4.86. The number of allylic oxidation sites excluding steroid dienone is 8. The van der Waals surface area contributed by atoms with E-state index in [2.05, 4.69) is 29.1 Å². The molecule has 0 aromatic heterocycles. The molecular formula is C16H20N2. The third kappa shape index (κ3) is 3.68. The summed E-state index contributed by atoms with van der Waals surface area (Å²) >= 11 is 0. The molecule has 2 rings (SSSR count). The van der Waals surface area contributed by atoms with Crippen LogP contribution in [0.3, 0.4) is 0 Å². The van der Waals surface area contributed by atoms with Gasteiger partial charge >= 0.3 is 0 Å². The molecule has 0 N–H and O–H groups in total. The summed E-state index contributed by atoms with van der Waals surface area (Å²) in [5.74, 6) is 0. The van der Waals surface area contributed by atoms with Crippen LogP contribution in [0, 0.1) is 0 Å². The van der Waals surface area contributed by atoms with Crippen molar-refractivity contribution >= 4 is 5.71 Å². The fourth-order valence-corrected chi connectivity index (χ4v) is 2.46. The largest absolute Gasteiger partial charge is 0.361 e. The summed E-state index contributed by atoms with van der Waals surface area (Å²) in [5.41, 5.74) is 12.5. The van der Waals surface area contributed by atoms with Gasteiger partial charge in [0.15, 0.2) is 0 Å². The Morgan fingerprint density at radius 2 is 1.67 bits per heavy atom. The van der Waals surface area contributed by atoms with Crippen molar-refractivity contribution in [3.63, 3.8) is 0 Å². The number of rotatable bonds is 1. The van der Waals surface area contributed by atoms with Crippen LogP contribution in [0.25, 0.3) is 5.53 Å². The molecule has 0 saturated heterocycles. The van der Waals surface area contributed by atoms with E-state index in [9.17, 15) is 0 Å². The highest BCUT2D eigenvalue weighted by Gasteiger charge is 2.10. The lowest BCUT2D eigenvalue weighted by atomic mass is 9.92. The molecule has 0 aromatic carbocycles. The predicted octanol–water partition coefficient (Wildman–Crippen LogP) is 4.38. The molecular weight excluding hydrogens is 220 g/mol. The summed E-state index contributed by atoms with van der Waals surface area (Å²) in [7, 11) is 0. The van der Waals surface area contributed by atoms with Gasteiger partial charge in [-0.05, 0) is 49.7 Å². The van der Waals surface area contributed by atoms with Gasteiger partial charge in [0.2, 0.25) is 0 Å². The molecule has 2 aliphatic rings. The van der Waals surface area contributed by atoms with Crippen LogP contribution in [0.1, 0.15) is 44.9 Å². The van der Waals surface area contributed by atoms with Crippen molar-refractivity contribution < 1.29 is 4.79 Å². The molecule has 0 fully saturated rings. The second-order valence-electron chi connectivity index (χ2n) is 4.86. The minimum atomic E-state index is 0.775. The highest BCUT2D eigenvalue weighted by Crippen LogP contribution is 2.25. The molecule has 0 unspecified atom stereocenters. The monoisotopic (exact) mass is 240 g/mol. The Bertz CT molecular complexity index is 457. The Hall–Kier alpha value is -1.66. The number of nitrogens with zero attached hydrogens (tertiary/aromatic N) is 2. The minimum Gasteiger partial charge on any atom is -0.361 e. The van der Waals surface area contributed by atoms with Gasteiger partial charge in [0.25, 0.3) is 5.71 Å². The molecule has 0 bridgehead atoms. The van der Waals surface area contributed by atoms with Crippen LogP contribution in [0.2, 0.25) is 0 Å². The van der Waals surface area contributed by atoms with Crippen LogP contribution in [0.15, 0.2) is 47.6 Å². The molecule has 2 aliphatic carbocycles. The van der Waals surface area contributed by atoms with E-state index in [1.165, 1.54) is 36.8 Å². The molecule has 0 aromatic rings. The maximum absolute atomic E-state index is 8.79. The Morgan fingerprint density at radius 3 is 2.50 bits per heavy atom. The standard InChI is InChI=1S/C16H20N2/c17-18-16-12-6-10-15(11-7-13-16)14-8-4-2-1-3-5-9-14/h2,4,6,8,10,12H,1,3,5,7,9,11,13H2. The Kier molecular flexibility index (Phi) is 4.92. The van der Waals surface area contributed by atoms with Gasteiger partial charge in [-0.1, -0.05) is 30.4 Å². The molecule has 0 aliphatic heterocycles. The van der Waals surface area contributed by atoms with E-state index in [0.717, 1.165) is 25.0 Å². The van der Waals surface area contributed by atoms with Crippen LogP contribution in [-0.4, -0.2) is 10.5 Å². The molecule has 94 valence electrons. The fraction of sp³-hybridized carbons (Fsp3) is 0.438. The summed E-state index contributed by atoms with van der Waals surface area (Å²) in [4.78, 5) is 3.29. The van der Waals surface area contributed by atoms with Crippen molar-refractivity contribution in [2.45, 2.75) is 44.9 Å². The van der Waals surface area contributed by atoms with E-state index in [1.54, 1.807) is 0 Å². The fourth-order valence-electron chi connectivity index (χ4n) is 2.46. The lowest BCUT2D eigenvalue weighted by molar-refractivity contribution is -0.00640. The summed E-state index contributed by atoms with van der Waals surface area (Å²) in [5, 5.41) is 0. The van der Waals surface area contributed by atoms with E-state index < -0.39 is 0 Å². The second kappa shape index (κ2) is 6.93. The summed E-state index contributed by atoms with van der Waals surface area (Å²) < 4.78 is 0. The first kappa shape index (κ1) is 12.8. The molecule has 0 heterocycles. The third-order valence-corrected chi connectivity index (χ3v) is 3.51. The van der Waals surface area contributed by atoms with Crippen LogP contribution < -0.4 is 0 Å². The molecule has 2 heteroatoms. The maximum Gasteiger partial charge on any atom is 0.292 e. The molecule has 0 atom stereocenters. The van der Waals surface area contributed by atoms with E-state index in [-0.39, 0.29) is 0 Å². The average Bonchev–Trinajstić information content (AvgIpc) is 2.30. The van der Waals surface area contributed by atoms with Gasteiger partial charge in [0.05, 0.1) is 0 Å². The topological polar surface area (TPSA) is 36.4 Å². The molecule has 2 nitrogen and oxygen atoms in total. The van der Waals surface area contributed by atoms with E-state index in [4.69, 9.17) is 5.53 Å². The van der Waals surface area contributed by atoms with E-state index in [1.807, 2.05) is 12.2 Å². The Labute approximate surface area is 109 Å². The summed E-state index contributed by atoms with van der Waals surface area (Å²) in [6.45, 7) is 0. The first-order chi connectivity index (χ1) is 8.90. The van der Waals surface area contributed by atoms with Gasteiger partial charge < -0.3 is 5.53 Å². The first-order valence-electron chi connectivity index (χ1n) is 6.84. The lowest BCUT2D eigenvalue weighted by Crippen LogP contribution is -2.00. The van der Waals surface area contributed by atoms with Crippen LogP contribution in [0.5, 0.6) is 0 Å². The Morgan fingerprint density at radius 1 is 0.889 bits per heavy atom. The van der Waals surface area contributed by atoms with E-state index >= 15 is 0 Å². The molecule has 0 saturated carbocycles. The zero-order valence-corrected chi connectivity index (χ0v) is 10.8. The van der Waals surface area contributed by atoms with Crippen molar-refractivity contribution in [2.24, 2.45) is 0 Å². The van der Waals surface area contributed by atoms with Crippen molar-refractivity contribution in [1.82, 2.24) is 0 Å². The van der Waals surface area contributed by atoms with Gasteiger partial charge in [-0.2, -0.15) is 4.79 Å². The highest BCUT2D eigenvalue weighted by molar-refractivity contribution is 5.90. The minimum absolute atomic E-state index is 0.775. The smallest absolute Gasteiger partial charge is 0.292 e. The van der Waals surface area contributed by atoms with Gasteiger partial charge in [0, 0.05) is 12.5 Å². The van der Waals surface area contributed by atoms with Crippen molar-refractivity contribution in [2.75, 3.05) is 0 Å². The zero-order valence-electron chi connectivity index (χ0n) is 10.8. The molecule has 0 radical (unpaired) electrons. The highest BCUT2D eigenvalue weighted by atomic mass is 14.8. The summed E-state index contributed by atoms with van der Waals surface area (Å²) in [6.07, 6.45) is 20.7. The Balaban J connectivity index is 2.18. The number of hydrogen-bond donors (Lipinski definition) is 0. The number of hydrogen-bond acceptors (Lipinski definition) is 0. The lowest BCUT2D eigenvalue weighted by Gasteiger charge is -2.13. The predicted molar refractivity (Wildman–Crippen MR) is 75.4 cm³/mol. The maximum atomic E-state index is 8.79. The quantitative estimate of drug-likeness (QED) is 0.482. The van der Waals surface area contributed by atoms with Crippen LogP contribution in [0.4, 0.5) is 0 Å². The van der Waals surface area contributed by atoms with Crippen molar-refractivity contribution in [1.29, 1.82) is 0 Å². The molecule has 0 spiro atoms. The SMILES string of the molecule is [N-]=[N+]=C1C=CC=C(C2=CC=CCCCC2)CCC1. The van der Waals surface area contributed by atoms with Crippen molar-refractivity contribution in [3.05, 3.63) is 53.1 Å². The van der Waals surface area contributed by atoms with Gasteiger partial charge in [-0.3, -0.25) is 0 Å². The molecule has 0 amide bonds. The van der Waals surface area contributed by atoms with Crippen LogP contribution >= 0.6 is 0 Å². The van der Waals surface area contributed by atoms with Gasteiger partial charge in [-0.25, -0.2) is 0 Å². The van der Waals surface area contributed by atoms with Gasteiger partial charge in [0.1, 0.15) is 0 Å². The van der Waals surface area contributed by atoms with E-state index in [0.29, 0.717) is 0 Å². The van der Waals surface area contributed by atoms with Crippen LogP contribution in [-0.2, 0) is 0 Å². The first-order valence-corrected chi connectivity index (χ1v) is 6.84. The van der Waals surface area contributed by atoms with Gasteiger partial charge in [-0.15, -0.1) is 0 Å². The third-order valence-electron chi connectivity index (χ3n) is 3.51. The normalized spacial score (nSPS) is 21.0.